The van der Waals surface area contributed by atoms with Crippen molar-refractivity contribution in [3.8, 4) is 45.6 Å². The molecule has 2 unspecified atom stereocenters. The molecule has 130 heavy (non-hydrogen) atoms. The second-order valence-electron chi connectivity index (χ2n) is 30.9. The molecule has 19 rings (SSSR count). The van der Waals surface area contributed by atoms with E-state index < -0.39 is 21.8 Å². The molecule has 8 aromatic heterocycles. The maximum Gasteiger partial charge on any atom is 0.417 e. The predicted molar refractivity (Wildman–Crippen MR) is 501 cm³/mol. The molecule has 9 N–H and O–H groups in total. The van der Waals surface area contributed by atoms with E-state index in [1.807, 2.05) is 181 Å². The summed E-state index contributed by atoms with van der Waals surface area (Å²) in [4.78, 5) is 69.7. The van der Waals surface area contributed by atoms with Gasteiger partial charge in [0.05, 0.1) is 79.5 Å². The average molecular weight is 1850 g/mol. The molecule has 0 spiro atoms. The Balaban J connectivity index is 0.000000127. The molecule has 3 fully saturated rings. The smallest absolute Gasteiger partial charge is 0.343 e. The molecule has 3 saturated heterocycles. The number of nitrogens with one attached hydrogen (secondary N) is 9. The second-order valence-corrected chi connectivity index (χ2v) is 34.6. The summed E-state index contributed by atoms with van der Waals surface area (Å²) in [5.41, 5.74) is 7.82. The van der Waals surface area contributed by atoms with E-state index in [9.17, 15) is 31.2 Å². The molecule has 0 radical (unpaired) electrons. The SMILES string of the molecule is CC(=O)N1CCC(c2cc(Nc3n[nH]c4ccccc34)nc(-c3ccccc3C(F)(F)F)n2)CC1.CC(=O)N1CCCCC1c1cc(Nc2n[nH]c3ccccc23)nc(-c2ccccc2Cl)n1.COOSNCCc1cc(Nc2n[nH]c3ccccc23)nc(-c2ccccc2Cl)n1.CS(=O)(=O)N1CCCCC1c1cc(Nc2n[nH]c3ccccc23)nc(-c2ccccc2Cl)n1. The molecular formula is C92H88Cl3F3N24O6S2. The summed E-state index contributed by atoms with van der Waals surface area (Å²) in [5.74, 6) is 6.18. The first kappa shape index (κ1) is 90.3. The highest BCUT2D eigenvalue weighted by atomic mass is 35.5. The first-order valence-electron chi connectivity index (χ1n) is 41.9. The molecule has 0 aliphatic carbocycles. The summed E-state index contributed by atoms with van der Waals surface area (Å²) in [7, 11) is -1.94. The number of anilines is 8. The minimum absolute atomic E-state index is 0.00763. The van der Waals surface area contributed by atoms with E-state index in [1.54, 1.807) is 36.1 Å². The zero-order chi connectivity index (χ0) is 90.4. The van der Waals surface area contributed by atoms with Gasteiger partial charge < -0.3 is 31.1 Å². The van der Waals surface area contributed by atoms with Crippen LogP contribution in [-0.2, 0) is 41.4 Å². The van der Waals surface area contributed by atoms with E-state index >= 15 is 0 Å². The largest absolute Gasteiger partial charge is 0.417 e. The zero-order valence-corrected chi connectivity index (χ0v) is 74.6. The molecule has 30 nitrogen and oxygen atoms in total. The van der Waals surface area contributed by atoms with Gasteiger partial charge >= 0.3 is 6.18 Å². The van der Waals surface area contributed by atoms with Crippen LogP contribution in [0.2, 0.25) is 15.1 Å². The number of piperidine rings is 3. The van der Waals surface area contributed by atoms with Gasteiger partial charge in [0, 0.05) is 138 Å². The van der Waals surface area contributed by atoms with E-state index in [0.717, 1.165) is 123 Å². The Morgan fingerprint density at radius 1 is 0.454 bits per heavy atom. The summed E-state index contributed by atoms with van der Waals surface area (Å²) >= 11 is 20.3. The van der Waals surface area contributed by atoms with Crippen LogP contribution in [0.5, 0.6) is 0 Å². The maximum atomic E-state index is 13.8. The van der Waals surface area contributed by atoms with Gasteiger partial charge in [0.2, 0.25) is 21.8 Å². The number of rotatable bonds is 22. The molecule has 11 heterocycles. The maximum absolute atomic E-state index is 13.8. The van der Waals surface area contributed by atoms with Crippen LogP contribution in [0.25, 0.3) is 89.2 Å². The van der Waals surface area contributed by atoms with Crippen molar-refractivity contribution in [2.45, 2.75) is 95.8 Å². The molecule has 3 aliphatic rings. The Labute approximate surface area is 764 Å². The van der Waals surface area contributed by atoms with Gasteiger partial charge in [0.15, 0.2) is 46.6 Å². The number of amides is 2. The number of carbonyl (C=O) groups is 2. The number of hydrogen-bond acceptors (Lipinski definition) is 24. The van der Waals surface area contributed by atoms with Crippen LogP contribution in [-0.4, -0.2) is 161 Å². The van der Waals surface area contributed by atoms with Crippen molar-refractivity contribution >= 4 is 159 Å². The number of carbonyl (C=O) groups excluding carboxylic acids is 2. The van der Waals surface area contributed by atoms with Crippen molar-refractivity contribution in [3.05, 3.63) is 262 Å². The molecule has 0 saturated carbocycles. The van der Waals surface area contributed by atoms with Crippen molar-refractivity contribution in [2.24, 2.45) is 0 Å². The second kappa shape index (κ2) is 41.1. The van der Waals surface area contributed by atoms with Gasteiger partial charge in [0.25, 0.3) is 0 Å². The highest BCUT2D eigenvalue weighted by molar-refractivity contribution is 7.92. The van der Waals surface area contributed by atoms with Gasteiger partial charge in [-0.05, 0) is 136 Å². The van der Waals surface area contributed by atoms with Crippen molar-refractivity contribution in [1.82, 2.24) is 99.5 Å². The molecule has 8 aromatic carbocycles. The Bertz CT molecular complexity index is 6840. The quantitative estimate of drug-likeness (QED) is 0.0100. The topological polar surface area (TPSA) is 374 Å². The standard InChI is InChI=1S/C25H23F3N6O.C24H23ClN6O.C23H23ClN6O2S.C20H19ClN6O2S/c1-15(35)34-12-10-16(11-13-34)21-14-22(31-24-18-7-3-5-9-20(18)32-33-24)30-23(29-21)17-6-2-4-8-19(17)25(26,27)28;1-15(32)31-13-7-6-12-21(31)20-14-22(27-23(26-20)16-8-2-4-10-18(16)25)28-24-17-9-3-5-11-19(17)29-30-24;1-33(31,32)30-13-7-6-12-20(30)19-14-21(26-22(25-19)15-8-2-4-10-17(15)24)27-23-16-9-3-5-11-18(16)28-29-23;1-28-29-30-22-11-10-13-12-18(24-19(23-13)14-6-2-4-8-16(14)21)25-20-15-7-3-5-9-17(15)26-27-20/h2-9,14,16H,10-13H2,1H3,(H2,29,30,31,32,33);2-5,8-11,14,21H,6-7,12-13H2,1H3,(H2,26,27,28,29,30);2-5,8-11,14,20H,6-7,12-13H2,1H3,(H2,25,26,27,28,29);2-9,12,22H,10-11H2,1H3,(H2,23,24,25,26,27). The summed E-state index contributed by atoms with van der Waals surface area (Å²) in [6.07, 6.45) is 4.05. The van der Waals surface area contributed by atoms with Crippen LogP contribution < -0.4 is 26.0 Å². The number of likely N-dealkylation sites (tertiary alicyclic amines) is 2. The minimum Gasteiger partial charge on any atom is -0.343 e. The normalized spacial score (nSPS) is 15.0. The number of H-pyrrole nitrogens is 4. The fourth-order valence-electron chi connectivity index (χ4n) is 15.9. The van der Waals surface area contributed by atoms with Crippen molar-refractivity contribution in [3.63, 3.8) is 0 Å². The Hall–Kier alpha value is -13.1. The number of hydrogen-bond donors (Lipinski definition) is 9. The van der Waals surface area contributed by atoms with Gasteiger partial charge in [-0.25, -0.2) is 57.9 Å². The third kappa shape index (κ3) is 21.7. The van der Waals surface area contributed by atoms with E-state index in [4.69, 9.17) is 59.1 Å². The number of aromatic amines is 4. The summed E-state index contributed by atoms with van der Waals surface area (Å²) in [6, 6.07) is 65.7. The number of halogens is 6. The number of para-hydroxylation sites is 4. The predicted octanol–water partition coefficient (Wildman–Crippen LogP) is 20.6. The van der Waals surface area contributed by atoms with Gasteiger partial charge in [-0.2, -0.15) is 37.9 Å². The lowest BCUT2D eigenvalue weighted by Gasteiger charge is -2.34. The minimum atomic E-state index is -4.55. The fraction of sp³-hybridized carbons (Fsp3) is 0.239. The van der Waals surface area contributed by atoms with Crippen LogP contribution in [0, 0.1) is 0 Å². The lowest BCUT2D eigenvalue weighted by atomic mass is 9.93. The van der Waals surface area contributed by atoms with E-state index in [2.05, 4.69) is 91.6 Å². The molecule has 3 aliphatic heterocycles. The molecule has 2 atom stereocenters. The Morgan fingerprint density at radius 2 is 0.831 bits per heavy atom. The van der Waals surface area contributed by atoms with Crippen molar-refractivity contribution in [2.75, 3.05) is 67.4 Å². The number of sulfonamides is 1. The lowest BCUT2D eigenvalue weighted by molar-refractivity contribution is -0.161. The molecule has 38 heteroatoms. The fourth-order valence-corrected chi connectivity index (χ4v) is 18.0. The number of nitrogens with zero attached hydrogens (tertiary/aromatic N) is 15. The van der Waals surface area contributed by atoms with E-state index in [0.29, 0.717) is 148 Å². The van der Waals surface area contributed by atoms with Crippen LogP contribution >= 0.6 is 47.0 Å². The van der Waals surface area contributed by atoms with Crippen LogP contribution in [0.1, 0.15) is 112 Å². The average Bonchev–Trinajstić information content (AvgIpc) is 1.63. The third-order valence-corrected chi connectivity index (χ3v) is 25.0. The van der Waals surface area contributed by atoms with E-state index in [-0.39, 0.29) is 41.2 Å². The summed E-state index contributed by atoms with van der Waals surface area (Å²) in [6.45, 7) is 6.13. The zero-order valence-electron chi connectivity index (χ0n) is 70.7. The van der Waals surface area contributed by atoms with Gasteiger partial charge in [0.1, 0.15) is 35.5 Å². The molecular weight excluding hydrogens is 1760 g/mol. The Morgan fingerprint density at radius 3 is 1.26 bits per heavy atom. The summed E-state index contributed by atoms with van der Waals surface area (Å²) in [5, 5.41) is 47.9. The highest BCUT2D eigenvalue weighted by Gasteiger charge is 2.37. The molecule has 2 amide bonds. The first-order chi connectivity index (χ1) is 63.0. The number of aromatic nitrogens is 16. The number of fused-ring (bicyclic) bond motifs is 4. The van der Waals surface area contributed by atoms with Gasteiger partial charge in [-0.1, -0.05) is 144 Å². The molecule has 666 valence electrons. The van der Waals surface area contributed by atoms with Crippen LogP contribution in [0.4, 0.5) is 59.7 Å². The van der Waals surface area contributed by atoms with Crippen molar-refractivity contribution in [1.29, 1.82) is 0 Å². The monoisotopic (exact) mass is 1850 g/mol. The molecule has 16 aromatic rings. The Kier molecular flexibility index (Phi) is 28.6. The lowest BCUT2D eigenvalue weighted by Crippen LogP contribution is -2.38. The first-order valence-corrected chi connectivity index (χ1v) is 45.6. The summed E-state index contributed by atoms with van der Waals surface area (Å²) < 4.78 is 75.6. The molecule has 0 bridgehead atoms. The van der Waals surface area contributed by atoms with Gasteiger partial charge in [-0.15, -0.1) is 4.33 Å². The van der Waals surface area contributed by atoms with Crippen molar-refractivity contribution < 1.29 is 40.4 Å². The number of benzene rings is 8. The van der Waals surface area contributed by atoms with E-state index in [1.165, 1.54) is 36.7 Å². The van der Waals surface area contributed by atoms with Crippen LogP contribution in [0.3, 0.4) is 0 Å². The van der Waals surface area contributed by atoms with Crippen LogP contribution in [0.15, 0.2) is 218 Å². The van der Waals surface area contributed by atoms with Gasteiger partial charge in [-0.3, -0.25) is 30.0 Å². The number of alkyl halides is 3. The third-order valence-electron chi connectivity index (χ3n) is 22.2. The highest BCUT2D eigenvalue weighted by Crippen LogP contribution is 2.42.